The third-order valence-corrected chi connectivity index (χ3v) is 1.91. The molecule has 3 nitrogen and oxygen atoms in total. The van der Waals surface area contributed by atoms with Gasteiger partial charge in [0.05, 0.1) is 13.5 Å². The molecular weight excluding hydrogens is 192 g/mol. The summed E-state index contributed by atoms with van der Waals surface area (Å²) in [4.78, 5) is 10.3. The van der Waals surface area contributed by atoms with E-state index in [1.54, 1.807) is 19.3 Å². The Morgan fingerprint density at radius 1 is 1.47 bits per heavy atom. The lowest BCUT2D eigenvalue weighted by Gasteiger charge is -2.03. The molecule has 0 amide bonds. The van der Waals surface area contributed by atoms with Gasteiger partial charge in [0.1, 0.15) is 5.75 Å². The fraction of sp³-hybridized carbons (Fsp3) is 0.250. The molecule has 0 aromatic heterocycles. The van der Waals surface area contributed by atoms with Gasteiger partial charge >= 0.3 is 5.97 Å². The van der Waals surface area contributed by atoms with Crippen LogP contribution in [0.4, 0.5) is 0 Å². The summed E-state index contributed by atoms with van der Waals surface area (Å²) in [6.07, 6.45) is 3.44. The highest BCUT2D eigenvalue weighted by Crippen LogP contribution is 2.17. The van der Waals surface area contributed by atoms with Crippen molar-refractivity contribution >= 4 is 12.0 Å². The minimum Gasteiger partial charge on any atom is -0.497 e. The summed E-state index contributed by atoms with van der Waals surface area (Å²) in [5, 5.41) is 8.47. The zero-order chi connectivity index (χ0) is 11.3. The van der Waals surface area contributed by atoms with E-state index in [1.807, 2.05) is 25.1 Å². The zero-order valence-corrected chi connectivity index (χ0v) is 8.86. The lowest BCUT2D eigenvalue weighted by Crippen LogP contribution is -1.90. The minimum atomic E-state index is -0.828. The summed E-state index contributed by atoms with van der Waals surface area (Å²) in [6.45, 7) is 1.97. The molecule has 0 unspecified atom stereocenters. The molecule has 0 bridgehead atoms. The Balaban J connectivity index is 2.80. The SMILES string of the molecule is COc1cc(C)cc(/C=C\CC(=O)O)c1. The maximum Gasteiger partial charge on any atom is 0.307 e. The molecule has 80 valence electrons. The van der Waals surface area contributed by atoms with Crippen molar-refractivity contribution < 1.29 is 14.6 Å². The van der Waals surface area contributed by atoms with Crippen LogP contribution in [0.1, 0.15) is 17.5 Å². The Morgan fingerprint density at radius 2 is 2.20 bits per heavy atom. The molecule has 0 aliphatic carbocycles. The standard InChI is InChI=1S/C12H14O3/c1-9-6-10(4-3-5-12(13)14)8-11(7-9)15-2/h3-4,6-8H,5H2,1-2H3,(H,13,14)/b4-3-. The van der Waals surface area contributed by atoms with Gasteiger partial charge < -0.3 is 9.84 Å². The Kier molecular flexibility index (Phi) is 3.92. The topological polar surface area (TPSA) is 46.5 Å². The number of carboxylic acids is 1. The Morgan fingerprint density at radius 3 is 2.80 bits per heavy atom. The molecule has 0 aliphatic rings. The molecule has 0 spiro atoms. The van der Waals surface area contributed by atoms with Crippen molar-refractivity contribution in [3.05, 3.63) is 35.4 Å². The largest absolute Gasteiger partial charge is 0.497 e. The van der Waals surface area contributed by atoms with Crippen molar-refractivity contribution in [2.75, 3.05) is 7.11 Å². The maximum absolute atomic E-state index is 10.3. The number of ether oxygens (including phenoxy) is 1. The molecule has 3 heteroatoms. The predicted octanol–water partition coefficient (Wildman–Crippen LogP) is 2.49. The molecule has 0 radical (unpaired) electrons. The average Bonchev–Trinajstić information content (AvgIpc) is 2.16. The van der Waals surface area contributed by atoms with Crippen molar-refractivity contribution in [2.45, 2.75) is 13.3 Å². The fourth-order valence-electron chi connectivity index (χ4n) is 1.29. The van der Waals surface area contributed by atoms with Crippen LogP contribution in [-0.2, 0) is 4.79 Å². The molecule has 0 atom stereocenters. The highest BCUT2D eigenvalue weighted by molar-refractivity contribution is 5.70. The summed E-state index contributed by atoms with van der Waals surface area (Å²) in [6, 6.07) is 5.76. The molecule has 0 fully saturated rings. The fourth-order valence-corrected chi connectivity index (χ4v) is 1.29. The van der Waals surface area contributed by atoms with E-state index in [9.17, 15) is 4.79 Å². The first-order chi connectivity index (χ1) is 7.11. The first-order valence-electron chi connectivity index (χ1n) is 4.66. The van der Waals surface area contributed by atoms with Crippen molar-refractivity contribution in [3.8, 4) is 5.75 Å². The summed E-state index contributed by atoms with van der Waals surface area (Å²) in [7, 11) is 1.61. The number of aliphatic carboxylic acids is 1. The number of hydrogen-bond donors (Lipinski definition) is 1. The second-order valence-corrected chi connectivity index (χ2v) is 3.28. The molecule has 0 aliphatic heterocycles. The summed E-state index contributed by atoms with van der Waals surface area (Å²) >= 11 is 0. The van der Waals surface area contributed by atoms with E-state index in [0.29, 0.717) is 0 Å². The summed E-state index contributed by atoms with van der Waals surface area (Å²) < 4.78 is 5.11. The first-order valence-corrected chi connectivity index (χ1v) is 4.66. The van der Waals surface area contributed by atoms with Gasteiger partial charge in [-0.25, -0.2) is 0 Å². The number of carboxylic acid groups (broad SMARTS) is 1. The Bertz CT molecular complexity index is 380. The van der Waals surface area contributed by atoms with E-state index in [0.717, 1.165) is 16.9 Å². The Hall–Kier alpha value is -1.77. The molecule has 1 aromatic rings. The summed E-state index contributed by atoms with van der Waals surface area (Å²) in [5.74, 6) is -0.0455. The van der Waals surface area contributed by atoms with Gasteiger partial charge in [0.2, 0.25) is 0 Å². The minimum absolute atomic E-state index is 0.0380. The van der Waals surface area contributed by atoms with E-state index in [4.69, 9.17) is 9.84 Å². The van der Waals surface area contributed by atoms with E-state index in [2.05, 4.69) is 0 Å². The van der Waals surface area contributed by atoms with Crippen LogP contribution in [-0.4, -0.2) is 18.2 Å². The van der Waals surface area contributed by atoms with E-state index < -0.39 is 5.97 Å². The molecule has 1 rings (SSSR count). The molecule has 0 heterocycles. The van der Waals surface area contributed by atoms with Gasteiger partial charge in [-0.1, -0.05) is 18.2 Å². The average molecular weight is 206 g/mol. The van der Waals surface area contributed by atoms with Crippen LogP contribution >= 0.6 is 0 Å². The monoisotopic (exact) mass is 206 g/mol. The van der Waals surface area contributed by atoms with Gasteiger partial charge in [0, 0.05) is 0 Å². The van der Waals surface area contributed by atoms with Crippen LogP contribution in [0.15, 0.2) is 24.3 Å². The molecular formula is C12H14O3. The van der Waals surface area contributed by atoms with Crippen molar-refractivity contribution in [2.24, 2.45) is 0 Å². The third-order valence-electron chi connectivity index (χ3n) is 1.91. The van der Waals surface area contributed by atoms with Gasteiger partial charge in [-0.15, -0.1) is 0 Å². The quantitative estimate of drug-likeness (QED) is 0.823. The number of methoxy groups -OCH3 is 1. The van der Waals surface area contributed by atoms with E-state index >= 15 is 0 Å². The lowest BCUT2D eigenvalue weighted by molar-refractivity contribution is -0.135. The zero-order valence-electron chi connectivity index (χ0n) is 8.86. The highest BCUT2D eigenvalue weighted by Gasteiger charge is 1.96. The number of hydrogen-bond acceptors (Lipinski definition) is 2. The normalized spacial score (nSPS) is 10.5. The molecule has 1 N–H and O–H groups in total. The second-order valence-electron chi connectivity index (χ2n) is 3.28. The van der Waals surface area contributed by atoms with Gasteiger partial charge in [0.15, 0.2) is 0 Å². The first kappa shape index (κ1) is 11.3. The molecule has 15 heavy (non-hydrogen) atoms. The van der Waals surface area contributed by atoms with Gasteiger partial charge in [-0.3, -0.25) is 4.79 Å². The van der Waals surface area contributed by atoms with Crippen molar-refractivity contribution in [3.63, 3.8) is 0 Å². The van der Waals surface area contributed by atoms with Crippen molar-refractivity contribution in [1.82, 2.24) is 0 Å². The second kappa shape index (κ2) is 5.20. The molecule has 1 aromatic carbocycles. The number of benzene rings is 1. The lowest BCUT2D eigenvalue weighted by atomic mass is 10.1. The van der Waals surface area contributed by atoms with Crippen LogP contribution in [0.5, 0.6) is 5.75 Å². The molecule has 0 saturated heterocycles. The van der Waals surface area contributed by atoms with Gasteiger partial charge in [-0.05, 0) is 30.2 Å². The van der Waals surface area contributed by atoms with Crippen LogP contribution in [0.2, 0.25) is 0 Å². The highest BCUT2D eigenvalue weighted by atomic mass is 16.5. The van der Waals surface area contributed by atoms with E-state index in [1.165, 1.54) is 0 Å². The molecule has 0 saturated carbocycles. The van der Waals surface area contributed by atoms with Crippen LogP contribution in [0.3, 0.4) is 0 Å². The van der Waals surface area contributed by atoms with Gasteiger partial charge in [-0.2, -0.15) is 0 Å². The number of aryl methyl sites for hydroxylation is 1. The third kappa shape index (κ3) is 3.85. The summed E-state index contributed by atoms with van der Waals surface area (Å²) in [5.41, 5.74) is 2.04. The number of rotatable bonds is 4. The smallest absolute Gasteiger partial charge is 0.307 e. The van der Waals surface area contributed by atoms with Crippen LogP contribution < -0.4 is 4.74 Å². The predicted molar refractivity (Wildman–Crippen MR) is 59.0 cm³/mol. The van der Waals surface area contributed by atoms with Crippen LogP contribution in [0, 0.1) is 6.92 Å². The van der Waals surface area contributed by atoms with Crippen molar-refractivity contribution in [1.29, 1.82) is 0 Å². The number of carbonyl (C=O) groups is 1. The Labute approximate surface area is 89.0 Å². The van der Waals surface area contributed by atoms with E-state index in [-0.39, 0.29) is 6.42 Å². The van der Waals surface area contributed by atoms with Crippen LogP contribution in [0.25, 0.3) is 6.08 Å². The van der Waals surface area contributed by atoms with Gasteiger partial charge in [0.25, 0.3) is 0 Å². The maximum atomic E-state index is 10.3.